The van der Waals surface area contributed by atoms with Crippen LogP contribution in [0.5, 0.6) is 0 Å². The van der Waals surface area contributed by atoms with E-state index >= 15 is 0 Å². The zero-order valence-corrected chi connectivity index (χ0v) is 13.7. The number of hydrogen-bond acceptors (Lipinski definition) is 6. The summed E-state index contributed by atoms with van der Waals surface area (Å²) in [6, 6.07) is 1.30. The first-order valence-electron chi connectivity index (χ1n) is 7.10. The Morgan fingerprint density at radius 1 is 1.45 bits per heavy atom. The van der Waals surface area contributed by atoms with Crippen molar-refractivity contribution in [1.82, 2.24) is 9.55 Å². The van der Waals surface area contributed by atoms with Gasteiger partial charge in [0.2, 0.25) is 0 Å². The van der Waals surface area contributed by atoms with Gasteiger partial charge >= 0.3 is 14.3 Å². The van der Waals surface area contributed by atoms with E-state index in [1.54, 1.807) is 0 Å². The lowest BCUT2D eigenvalue weighted by atomic mass is 10.2. The predicted octanol–water partition coefficient (Wildman–Crippen LogP) is 1.53. The molecular weight excluding hydrogens is 311 g/mol. The van der Waals surface area contributed by atoms with E-state index in [1.807, 2.05) is 13.8 Å². The quantitative estimate of drug-likeness (QED) is 0.761. The number of nitrogens with zero attached hydrogens (tertiary/aromatic N) is 1. The van der Waals surface area contributed by atoms with Crippen molar-refractivity contribution in [2.24, 2.45) is 0 Å². The first kappa shape index (κ1) is 17.3. The molecule has 9 heteroatoms. The maximum atomic E-state index is 11.7. The lowest BCUT2D eigenvalue weighted by molar-refractivity contribution is -0.0240. The van der Waals surface area contributed by atoms with Gasteiger partial charge in [-0.3, -0.25) is 14.3 Å². The third-order valence-corrected chi connectivity index (χ3v) is 4.31. The molecule has 3 unspecified atom stereocenters. The first-order valence-corrected chi connectivity index (χ1v) is 8.20. The van der Waals surface area contributed by atoms with Gasteiger partial charge in [0.25, 0.3) is 5.56 Å². The zero-order chi connectivity index (χ0) is 16.1. The van der Waals surface area contributed by atoms with Crippen LogP contribution in [0.1, 0.15) is 32.9 Å². The summed E-state index contributed by atoms with van der Waals surface area (Å²) in [4.78, 5) is 25.0. The molecule has 1 aliphatic rings. The monoisotopic (exact) mass is 332 g/mol. The van der Waals surface area contributed by atoms with E-state index in [9.17, 15) is 9.59 Å². The topological polar surface area (TPSA) is 91.8 Å². The van der Waals surface area contributed by atoms with Crippen LogP contribution >= 0.6 is 8.60 Å². The summed E-state index contributed by atoms with van der Waals surface area (Å²) in [6.45, 7) is 4.14. The molecule has 22 heavy (non-hydrogen) atoms. The summed E-state index contributed by atoms with van der Waals surface area (Å²) >= 11 is 0. The second kappa shape index (κ2) is 7.99. The van der Waals surface area contributed by atoms with Gasteiger partial charge in [0, 0.05) is 19.4 Å². The third-order valence-electron chi connectivity index (χ3n) is 3.06. The molecular formula is C13H21N2O6P. The van der Waals surface area contributed by atoms with Crippen molar-refractivity contribution in [3.05, 3.63) is 33.1 Å². The molecule has 0 spiro atoms. The fourth-order valence-corrected chi connectivity index (χ4v) is 2.99. The van der Waals surface area contributed by atoms with Gasteiger partial charge in [-0.05, 0) is 26.7 Å². The molecule has 0 bridgehead atoms. The number of rotatable bonds is 7. The summed E-state index contributed by atoms with van der Waals surface area (Å²) < 4.78 is 23.3. The fraction of sp³-hybridized carbons (Fsp3) is 0.692. The number of hydrogen-bond donors (Lipinski definition) is 1. The number of nitrogens with one attached hydrogen (secondary N) is 1. The van der Waals surface area contributed by atoms with Gasteiger partial charge < -0.3 is 18.3 Å². The molecule has 1 saturated heterocycles. The Morgan fingerprint density at radius 3 is 2.86 bits per heavy atom. The molecule has 2 heterocycles. The zero-order valence-electron chi connectivity index (χ0n) is 12.9. The summed E-state index contributed by atoms with van der Waals surface area (Å²) in [5.41, 5.74) is -0.892. The summed E-state index contributed by atoms with van der Waals surface area (Å²) in [5, 5.41) is 0. The van der Waals surface area contributed by atoms with Crippen molar-refractivity contribution in [3.8, 4) is 0 Å². The summed E-state index contributed by atoms with van der Waals surface area (Å²) in [6.07, 6.45) is 2.36. The average molecular weight is 332 g/mol. The minimum Gasteiger partial charge on any atom is -0.352 e. The molecule has 0 aromatic carbocycles. The maximum Gasteiger partial charge on any atom is 0.332 e. The molecule has 3 atom stereocenters. The molecule has 0 amide bonds. The highest BCUT2D eigenvalue weighted by atomic mass is 31.2. The molecule has 1 aliphatic heterocycles. The average Bonchev–Trinajstić information content (AvgIpc) is 2.91. The predicted molar refractivity (Wildman–Crippen MR) is 80.6 cm³/mol. The smallest absolute Gasteiger partial charge is 0.332 e. The Kier molecular flexibility index (Phi) is 6.28. The van der Waals surface area contributed by atoms with Crippen LogP contribution in [0.2, 0.25) is 0 Å². The molecule has 1 N–H and O–H groups in total. The summed E-state index contributed by atoms with van der Waals surface area (Å²) in [7, 11) is 0.145. The van der Waals surface area contributed by atoms with E-state index in [-0.39, 0.29) is 12.2 Å². The largest absolute Gasteiger partial charge is 0.352 e. The minimum absolute atomic E-state index is 0.0167. The van der Waals surface area contributed by atoms with Gasteiger partial charge in [-0.2, -0.15) is 0 Å². The van der Waals surface area contributed by atoms with E-state index in [2.05, 4.69) is 4.98 Å². The Bertz CT molecular complexity index is 586. The van der Waals surface area contributed by atoms with Crippen LogP contribution in [0.3, 0.4) is 0 Å². The van der Waals surface area contributed by atoms with E-state index in [4.69, 9.17) is 18.3 Å². The normalized spacial score (nSPS) is 23.1. The molecule has 2 rings (SSSR count). The highest BCUT2D eigenvalue weighted by Gasteiger charge is 2.28. The van der Waals surface area contributed by atoms with E-state index < -0.39 is 26.1 Å². The molecule has 1 fully saturated rings. The van der Waals surface area contributed by atoms with Crippen molar-refractivity contribution in [2.75, 3.05) is 13.7 Å². The second-order valence-corrected chi connectivity index (χ2v) is 6.44. The minimum atomic E-state index is -1.39. The van der Waals surface area contributed by atoms with Crippen LogP contribution in [-0.2, 0) is 18.3 Å². The Hall–Kier alpha value is -1.05. The van der Waals surface area contributed by atoms with Crippen molar-refractivity contribution < 1.29 is 18.3 Å². The highest BCUT2D eigenvalue weighted by molar-refractivity contribution is 7.41. The van der Waals surface area contributed by atoms with Crippen molar-refractivity contribution in [1.29, 1.82) is 0 Å². The van der Waals surface area contributed by atoms with Crippen LogP contribution in [0.25, 0.3) is 0 Å². The van der Waals surface area contributed by atoms with Crippen LogP contribution < -0.4 is 11.2 Å². The highest BCUT2D eigenvalue weighted by Crippen LogP contribution is 2.41. The van der Waals surface area contributed by atoms with Gasteiger partial charge in [0.1, 0.15) is 6.23 Å². The standard InChI is InChI=1S/C13H21N2O6P/c1-9(2)21-22(18-3)19-8-10-4-5-12(20-10)15-7-6-11(16)14-13(15)17/h6-7,9-10,12H,4-5,8H2,1-3H3,(H,14,16,17). The van der Waals surface area contributed by atoms with Crippen molar-refractivity contribution >= 4 is 8.60 Å². The second-order valence-electron chi connectivity index (χ2n) is 5.16. The maximum absolute atomic E-state index is 11.7. The number of H-pyrrole nitrogens is 1. The first-order chi connectivity index (χ1) is 10.5. The van der Waals surface area contributed by atoms with Crippen LogP contribution in [0.4, 0.5) is 0 Å². The lowest BCUT2D eigenvalue weighted by Crippen LogP contribution is -2.31. The van der Waals surface area contributed by atoms with Gasteiger partial charge in [-0.25, -0.2) is 4.79 Å². The SMILES string of the molecule is COP(OCC1CCC(n2ccc(=O)[nH]c2=O)O1)OC(C)C. The van der Waals surface area contributed by atoms with Gasteiger partial charge in [-0.15, -0.1) is 0 Å². The molecule has 1 aromatic heterocycles. The molecule has 0 saturated carbocycles. The Labute approximate surface area is 129 Å². The molecule has 0 radical (unpaired) electrons. The van der Waals surface area contributed by atoms with Crippen LogP contribution in [-0.4, -0.2) is 35.5 Å². The van der Waals surface area contributed by atoms with Gasteiger partial charge in [0.05, 0.1) is 18.8 Å². The molecule has 8 nitrogen and oxygen atoms in total. The summed E-state index contributed by atoms with van der Waals surface area (Å²) in [5.74, 6) is 0. The number of aromatic nitrogens is 2. The lowest BCUT2D eigenvalue weighted by Gasteiger charge is -2.19. The van der Waals surface area contributed by atoms with Gasteiger partial charge in [0.15, 0.2) is 0 Å². The van der Waals surface area contributed by atoms with E-state index in [0.29, 0.717) is 13.0 Å². The molecule has 0 aliphatic carbocycles. The fourth-order valence-electron chi connectivity index (χ4n) is 2.11. The van der Waals surface area contributed by atoms with Crippen molar-refractivity contribution in [3.63, 3.8) is 0 Å². The van der Waals surface area contributed by atoms with E-state index in [1.165, 1.54) is 23.9 Å². The van der Waals surface area contributed by atoms with Crippen LogP contribution in [0.15, 0.2) is 21.9 Å². The molecule has 124 valence electrons. The van der Waals surface area contributed by atoms with Gasteiger partial charge in [-0.1, -0.05) is 0 Å². The number of ether oxygens (including phenoxy) is 1. The van der Waals surface area contributed by atoms with E-state index in [0.717, 1.165) is 6.42 Å². The van der Waals surface area contributed by atoms with Crippen molar-refractivity contribution in [2.45, 2.75) is 45.1 Å². The Morgan fingerprint density at radius 2 is 2.23 bits per heavy atom. The Balaban J connectivity index is 1.87. The third kappa shape index (κ3) is 4.72. The molecule has 1 aromatic rings. The number of aromatic amines is 1. The van der Waals surface area contributed by atoms with Crippen LogP contribution in [0, 0.1) is 0 Å².